The lowest BCUT2D eigenvalue weighted by atomic mass is 10.2. The largest absolute Gasteiger partial charge is 0.465 e. The van der Waals surface area contributed by atoms with Crippen molar-refractivity contribution < 1.29 is 14.3 Å². The summed E-state index contributed by atoms with van der Waals surface area (Å²) in [5.74, 6) is -0.730. The van der Waals surface area contributed by atoms with Crippen LogP contribution in [0.25, 0.3) is 0 Å². The van der Waals surface area contributed by atoms with Crippen molar-refractivity contribution >= 4 is 23.3 Å². The normalized spacial score (nSPS) is 11.5. The van der Waals surface area contributed by atoms with Crippen molar-refractivity contribution in [2.45, 2.75) is 26.3 Å². The van der Waals surface area contributed by atoms with Crippen LogP contribution in [0.5, 0.6) is 0 Å². The Bertz CT molecular complexity index is 714. The van der Waals surface area contributed by atoms with E-state index in [4.69, 9.17) is 0 Å². The summed E-state index contributed by atoms with van der Waals surface area (Å²) < 4.78 is 4.64. The number of amides is 1. The van der Waals surface area contributed by atoms with Crippen LogP contribution in [-0.2, 0) is 4.74 Å². The molecule has 0 aliphatic heterocycles. The number of carbonyl (C=O) groups is 2. The van der Waals surface area contributed by atoms with Gasteiger partial charge in [0.1, 0.15) is 5.69 Å². The Morgan fingerprint density at radius 3 is 2.50 bits per heavy atom. The Hall–Kier alpha value is -2.89. The minimum atomic E-state index is -0.418. The Balaban J connectivity index is 2.06. The second-order valence-corrected chi connectivity index (χ2v) is 5.41. The number of nitrogens with one attached hydrogen (secondary N) is 2. The number of benzene rings is 1. The molecule has 0 radical (unpaired) electrons. The lowest BCUT2D eigenvalue weighted by molar-refractivity contribution is 0.0600. The van der Waals surface area contributed by atoms with Gasteiger partial charge in [0, 0.05) is 23.6 Å². The Kier molecular flexibility index (Phi) is 5.89. The number of anilines is 2. The van der Waals surface area contributed by atoms with Crippen molar-refractivity contribution in [2.24, 2.45) is 0 Å². The average molecular weight is 327 g/mol. The fourth-order valence-corrected chi connectivity index (χ4v) is 2.03. The van der Waals surface area contributed by atoms with Gasteiger partial charge in [-0.15, -0.1) is 0 Å². The first kappa shape index (κ1) is 17.5. The third-order valence-corrected chi connectivity index (χ3v) is 3.58. The van der Waals surface area contributed by atoms with E-state index >= 15 is 0 Å². The minimum absolute atomic E-state index is 0.311. The predicted octanol–water partition coefficient (Wildman–Crippen LogP) is 3.33. The molecule has 0 fully saturated rings. The zero-order valence-corrected chi connectivity index (χ0v) is 14.0. The van der Waals surface area contributed by atoms with E-state index in [2.05, 4.69) is 34.2 Å². The van der Waals surface area contributed by atoms with Gasteiger partial charge in [0.05, 0.1) is 12.7 Å². The second kappa shape index (κ2) is 8.10. The van der Waals surface area contributed by atoms with Gasteiger partial charge in [-0.1, -0.05) is 6.92 Å². The van der Waals surface area contributed by atoms with Crippen LogP contribution in [0.3, 0.4) is 0 Å². The SMILES string of the molecule is CCC(C)Nc1ccnc(C(=O)Nc2ccc(C(=O)OC)cc2)c1. The first-order valence-electron chi connectivity index (χ1n) is 7.75. The predicted molar refractivity (Wildman–Crippen MR) is 93.3 cm³/mol. The van der Waals surface area contributed by atoms with Gasteiger partial charge >= 0.3 is 5.97 Å². The number of hydrogen-bond donors (Lipinski definition) is 2. The molecule has 2 N–H and O–H groups in total. The van der Waals surface area contributed by atoms with E-state index in [1.807, 2.05) is 6.07 Å². The first-order chi connectivity index (χ1) is 11.5. The zero-order chi connectivity index (χ0) is 17.5. The fourth-order valence-electron chi connectivity index (χ4n) is 2.03. The molecule has 2 aromatic rings. The lowest BCUT2D eigenvalue weighted by Gasteiger charge is -2.13. The summed E-state index contributed by atoms with van der Waals surface area (Å²) in [6.45, 7) is 4.16. The molecule has 1 heterocycles. The molecule has 0 aliphatic rings. The van der Waals surface area contributed by atoms with E-state index in [1.54, 1.807) is 36.5 Å². The van der Waals surface area contributed by atoms with Crippen LogP contribution >= 0.6 is 0 Å². The highest BCUT2D eigenvalue weighted by Crippen LogP contribution is 2.14. The molecule has 1 amide bonds. The van der Waals surface area contributed by atoms with Crippen LogP contribution in [0.4, 0.5) is 11.4 Å². The Morgan fingerprint density at radius 2 is 1.88 bits per heavy atom. The molecule has 0 bridgehead atoms. The number of aromatic nitrogens is 1. The molecular weight excluding hydrogens is 306 g/mol. The van der Waals surface area contributed by atoms with Crippen LogP contribution in [0.15, 0.2) is 42.6 Å². The first-order valence-corrected chi connectivity index (χ1v) is 7.75. The van der Waals surface area contributed by atoms with Crippen molar-refractivity contribution in [2.75, 3.05) is 17.7 Å². The molecule has 1 aromatic carbocycles. The maximum atomic E-state index is 12.3. The highest BCUT2D eigenvalue weighted by Gasteiger charge is 2.10. The summed E-state index contributed by atoms with van der Waals surface area (Å²) in [4.78, 5) is 27.8. The van der Waals surface area contributed by atoms with E-state index in [1.165, 1.54) is 7.11 Å². The van der Waals surface area contributed by atoms with Gasteiger partial charge in [-0.3, -0.25) is 9.78 Å². The van der Waals surface area contributed by atoms with Crippen LogP contribution < -0.4 is 10.6 Å². The third kappa shape index (κ3) is 4.55. The van der Waals surface area contributed by atoms with Crippen molar-refractivity contribution in [1.29, 1.82) is 0 Å². The molecule has 0 aliphatic carbocycles. The molecule has 126 valence electrons. The summed E-state index contributed by atoms with van der Waals surface area (Å²) in [6.07, 6.45) is 2.58. The quantitative estimate of drug-likeness (QED) is 0.796. The minimum Gasteiger partial charge on any atom is -0.465 e. The molecule has 2 rings (SSSR count). The molecule has 0 saturated heterocycles. The summed E-state index contributed by atoms with van der Waals surface area (Å²) in [5, 5.41) is 6.06. The number of rotatable bonds is 6. The molecule has 0 spiro atoms. The smallest absolute Gasteiger partial charge is 0.337 e. The van der Waals surface area contributed by atoms with Gasteiger partial charge in [-0.25, -0.2) is 4.79 Å². The number of methoxy groups -OCH3 is 1. The maximum Gasteiger partial charge on any atom is 0.337 e. The van der Waals surface area contributed by atoms with Gasteiger partial charge in [-0.2, -0.15) is 0 Å². The van der Waals surface area contributed by atoms with Crippen molar-refractivity contribution in [3.8, 4) is 0 Å². The Morgan fingerprint density at radius 1 is 1.17 bits per heavy atom. The fraction of sp³-hybridized carbons (Fsp3) is 0.278. The van der Waals surface area contributed by atoms with Crippen molar-refractivity contribution in [3.05, 3.63) is 53.9 Å². The van der Waals surface area contributed by atoms with Crippen molar-refractivity contribution in [1.82, 2.24) is 4.98 Å². The standard InChI is InChI=1S/C18H21N3O3/c1-4-12(2)20-15-9-10-19-16(11-15)17(22)21-14-7-5-13(6-8-14)18(23)24-3/h5-12H,4H2,1-3H3,(H,19,20)(H,21,22). The van der Waals surface area contributed by atoms with E-state index in [0.717, 1.165) is 12.1 Å². The lowest BCUT2D eigenvalue weighted by Crippen LogP contribution is -2.16. The molecular formula is C18H21N3O3. The highest BCUT2D eigenvalue weighted by atomic mass is 16.5. The number of pyridine rings is 1. The topological polar surface area (TPSA) is 80.3 Å². The maximum absolute atomic E-state index is 12.3. The monoisotopic (exact) mass is 327 g/mol. The molecule has 6 nitrogen and oxygen atoms in total. The van der Waals surface area contributed by atoms with Gasteiger partial charge in [0.2, 0.25) is 0 Å². The molecule has 24 heavy (non-hydrogen) atoms. The van der Waals surface area contributed by atoms with Crippen molar-refractivity contribution in [3.63, 3.8) is 0 Å². The average Bonchev–Trinajstić information content (AvgIpc) is 2.61. The molecule has 1 atom stereocenters. The van der Waals surface area contributed by atoms with E-state index < -0.39 is 5.97 Å². The molecule has 1 aromatic heterocycles. The van der Waals surface area contributed by atoms with Crippen LogP contribution in [-0.4, -0.2) is 30.0 Å². The van der Waals surface area contributed by atoms with Gasteiger partial charge < -0.3 is 15.4 Å². The number of esters is 1. The van der Waals surface area contributed by atoms with Gasteiger partial charge in [0.15, 0.2) is 0 Å². The highest BCUT2D eigenvalue weighted by molar-refractivity contribution is 6.03. The third-order valence-electron chi connectivity index (χ3n) is 3.58. The number of ether oxygens (including phenoxy) is 1. The summed E-state index contributed by atoms with van der Waals surface area (Å²) >= 11 is 0. The van der Waals surface area contributed by atoms with Gasteiger partial charge in [0.25, 0.3) is 5.91 Å². The van der Waals surface area contributed by atoms with Gasteiger partial charge in [-0.05, 0) is 49.7 Å². The van der Waals surface area contributed by atoms with Crippen LogP contribution in [0, 0.1) is 0 Å². The summed E-state index contributed by atoms with van der Waals surface area (Å²) in [6, 6.07) is 10.3. The Labute approximate surface area is 141 Å². The second-order valence-electron chi connectivity index (χ2n) is 5.41. The van der Waals surface area contributed by atoms with E-state index in [9.17, 15) is 9.59 Å². The number of hydrogen-bond acceptors (Lipinski definition) is 5. The number of carbonyl (C=O) groups excluding carboxylic acids is 2. The molecule has 6 heteroatoms. The van der Waals surface area contributed by atoms with E-state index in [0.29, 0.717) is 23.0 Å². The zero-order valence-electron chi connectivity index (χ0n) is 14.0. The molecule has 0 saturated carbocycles. The van der Waals surface area contributed by atoms with Crippen LogP contribution in [0.1, 0.15) is 41.1 Å². The molecule has 1 unspecified atom stereocenters. The summed E-state index contributed by atoms with van der Waals surface area (Å²) in [7, 11) is 1.32. The summed E-state index contributed by atoms with van der Waals surface area (Å²) in [5.41, 5.74) is 2.18. The van der Waals surface area contributed by atoms with E-state index in [-0.39, 0.29) is 5.91 Å². The number of nitrogens with zero attached hydrogens (tertiary/aromatic N) is 1. The van der Waals surface area contributed by atoms with Crippen LogP contribution in [0.2, 0.25) is 0 Å².